The van der Waals surface area contributed by atoms with Gasteiger partial charge >= 0.3 is 45.6 Å². The molecule has 0 aromatic rings. The van der Waals surface area contributed by atoms with Gasteiger partial charge in [-0.2, -0.15) is 0 Å². The first-order valence-corrected chi connectivity index (χ1v) is 2.75. The molecule has 0 saturated carbocycles. The first-order valence-electron chi connectivity index (χ1n) is 1.70. The van der Waals surface area contributed by atoms with E-state index in [2.05, 4.69) is 15.6 Å². The van der Waals surface area contributed by atoms with Crippen LogP contribution in [0.15, 0.2) is 0 Å². The topological polar surface area (TPSA) is 9.23 Å². The molecule has 0 N–H and O–H groups in total. The van der Waals surface area contributed by atoms with Gasteiger partial charge < -0.3 is 0 Å². The van der Waals surface area contributed by atoms with Crippen LogP contribution in [0, 0.1) is 10.9 Å². The Labute approximate surface area is 46.3 Å². The average molecular weight is 142 g/mol. The Morgan fingerprint density at radius 3 is 2.67 bits per heavy atom. The molecule has 0 aliphatic rings. The van der Waals surface area contributed by atoms with Gasteiger partial charge in [-0.3, -0.25) is 0 Å². The van der Waals surface area contributed by atoms with Crippen LogP contribution in [-0.4, -0.2) is 23.1 Å². The van der Waals surface area contributed by atoms with Gasteiger partial charge in [-0.15, -0.1) is 0 Å². The predicted octanol–water partition coefficient (Wildman–Crippen LogP) is 0.110. The van der Waals surface area contributed by atoms with Gasteiger partial charge in [0.05, 0.1) is 0 Å². The minimum absolute atomic E-state index is 0.681. The molecule has 0 bridgehead atoms. The van der Waals surface area contributed by atoms with Crippen molar-refractivity contribution < 1.29 is 4.74 Å². The van der Waals surface area contributed by atoms with Gasteiger partial charge in [0.2, 0.25) is 0 Å². The molecule has 2 heteroatoms. The monoisotopic (exact) mass is 143 g/mol. The molecular weight excluding hydrogens is 137 g/mol. The molecule has 0 heterocycles. The fourth-order valence-corrected chi connectivity index (χ4v) is 0.260. The third-order valence-electron chi connectivity index (χ3n) is 0.268. The molecular formula is C4H5GeO. The Bertz CT molecular complexity index is 69.4. The van der Waals surface area contributed by atoms with E-state index < -0.39 is 0 Å². The Balaban J connectivity index is 2.79. The standard InChI is InChI=1S/C4H5GeO/c1-2-6-4-3-5/h2H2,1H3. The summed E-state index contributed by atoms with van der Waals surface area (Å²) < 4.78 is 7.22. The van der Waals surface area contributed by atoms with Crippen molar-refractivity contribution in [3.63, 3.8) is 0 Å². The summed E-state index contributed by atoms with van der Waals surface area (Å²) in [6.45, 7) is 2.59. The summed E-state index contributed by atoms with van der Waals surface area (Å²) in [4.78, 5) is 0. The first-order chi connectivity index (χ1) is 2.91. The summed E-state index contributed by atoms with van der Waals surface area (Å²) in [5, 5.41) is 0. The summed E-state index contributed by atoms with van der Waals surface area (Å²) in [5.41, 5.74) is 0. The van der Waals surface area contributed by atoms with E-state index in [-0.39, 0.29) is 0 Å². The van der Waals surface area contributed by atoms with E-state index in [4.69, 9.17) is 0 Å². The van der Waals surface area contributed by atoms with Crippen molar-refractivity contribution in [1.82, 2.24) is 0 Å². The van der Waals surface area contributed by atoms with Crippen LogP contribution >= 0.6 is 0 Å². The Morgan fingerprint density at radius 1 is 1.83 bits per heavy atom. The van der Waals surface area contributed by atoms with E-state index >= 15 is 0 Å². The van der Waals surface area contributed by atoms with Crippen molar-refractivity contribution in [2.24, 2.45) is 0 Å². The second-order valence-corrected chi connectivity index (χ2v) is 1.18. The molecule has 0 rings (SSSR count). The summed E-state index contributed by atoms with van der Waals surface area (Å²) in [6, 6.07) is 0. The van der Waals surface area contributed by atoms with Crippen molar-refractivity contribution in [3.05, 3.63) is 0 Å². The SMILES string of the molecule is CCOC#[C][Ge]. The van der Waals surface area contributed by atoms with Gasteiger partial charge in [-0.25, -0.2) is 0 Å². The number of hydrogen-bond donors (Lipinski definition) is 0. The van der Waals surface area contributed by atoms with E-state index in [1.165, 1.54) is 0 Å². The zero-order valence-corrected chi connectivity index (χ0v) is 5.71. The normalized spacial score (nSPS) is 5.67. The van der Waals surface area contributed by atoms with E-state index in [0.717, 1.165) is 0 Å². The summed E-state index contributed by atoms with van der Waals surface area (Å²) in [7, 11) is 0. The number of hydrogen-bond acceptors (Lipinski definition) is 1. The maximum atomic E-state index is 4.62. The number of ether oxygens (including phenoxy) is 1. The molecule has 0 atom stereocenters. The zero-order chi connectivity index (χ0) is 4.83. The van der Waals surface area contributed by atoms with Crippen LogP contribution in [0.3, 0.4) is 0 Å². The van der Waals surface area contributed by atoms with E-state index in [9.17, 15) is 0 Å². The van der Waals surface area contributed by atoms with Crippen LogP contribution in [0.2, 0.25) is 0 Å². The molecule has 0 amide bonds. The van der Waals surface area contributed by atoms with Crippen LogP contribution in [0.1, 0.15) is 6.92 Å². The average Bonchev–Trinajstić information content (AvgIpc) is 1.61. The number of rotatable bonds is 1. The zero-order valence-electron chi connectivity index (χ0n) is 3.62. The van der Waals surface area contributed by atoms with Crippen LogP contribution in [-0.2, 0) is 4.74 Å². The van der Waals surface area contributed by atoms with Crippen molar-refractivity contribution >= 4 is 16.5 Å². The van der Waals surface area contributed by atoms with Gasteiger partial charge in [-0.05, 0) is 0 Å². The van der Waals surface area contributed by atoms with E-state index in [0.29, 0.717) is 6.61 Å². The second kappa shape index (κ2) is 4.90. The van der Waals surface area contributed by atoms with E-state index in [1.54, 1.807) is 16.5 Å². The van der Waals surface area contributed by atoms with Gasteiger partial charge in [0.25, 0.3) is 0 Å². The van der Waals surface area contributed by atoms with Crippen molar-refractivity contribution in [2.75, 3.05) is 6.61 Å². The fourth-order valence-electron chi connectivity index (χ4n) is 0.108. The molecule has 0 unspecified atom stereocenters. The minimum atomic E-state index is 0.681. The van der Waals surface area contributed by atoms with Gasteiger partial charge in [0.1, 0.15) is 0 Å². The maximum absolute atomic E-state index is 4.62. The molecule has 0 aliphatic heterocycles. The van der Waals surface area contributed by atoms with Crippen molar-refractivity contribution in [3.8, 4) is 10.9 Å². The molecule has 3 radical (unpaired) electrons. The molecule has 0 spiro atoms. The van der Waals surface area contributed by atoms with Crippen LogP contribution in [0.4, 0.5) is 0 Å². The first kappa shape index (κ1) is 5.90. The molecule has 6 heavy (non-hydrogen) atoms. The summed E-state index contributed by atoms with van der Waals surface area (Å²) >= 11 is 1.75. The van der Waals surface area contributed by atoms with Crippen molar-refractivity contribution in [1.29, 1.82) is 0 Å². The molecule has 31 valence electrons. The van der Waals surface area contributed by atoms with Gasteiger partial charge in [0, 0.05) is 0 Å². The Morgan fingerprint density at radius 2 is 2.50 bits per heavy atom. The molecule has 0 aliphatic carbocycles. The fraction of sp³-hybridized carbons (Fsp3) is 0.500. The molecule has 1 nitrogen and oxygen atoms in total. The predicted molar refractivity (Wildman–Crippen MR) is 25.2 cm³/mol. The Hall–Kier alpha value is -0.0971. The van der Waals surface area contributed by atoms with Crippen molar-refractivity contribution in [2.45, 2.75) is 6.92 Å². The Kier molecular flexibility index (Phi) is 4.82. The van der Waals surface area contributed by atoms with Crippen LogP contribution in [0.5, 0.6) is 0 Å². The van der Waals surface area contributed by atoms with E-state index in [1.807, 2.05) is 6.92 Å². The molecule has 0 fully saturated rings. The van der Waals surface area contributed by atoms with Crippen LogP contribution in [0.25, 0.3) is 0 Å². The van der Waals surface area contributed by atoms with Crippen LogP contribution < -0.4 is 0 Å². The molecule has 0 aromatic carbocycles. The van der Waals surface area contributed by atoms with Gasteiger partial charge in [-0.1, -0.05) is 0 Å². The molecule has 0 saturated heterocycles. The summed E-state index contributed by atoms with van der Waals surface area (Å²) in [6.07, 6.45) is 2.45. The quantitative estimate of drug-likeness (QED) is 0.372. The summed E-state index contributed by atoms with van der Waals surface area (Å²) in [5.74, 6) is 0. The third-order valence-corrected chi connectivity index (χ3v) is 0.482. The second-order valence-electron chi connectivity index (χ2n) is 0.660. The molecule has 0 aromatic heterocycles. The van der Waals surface area contributed by atoms with Gasteiger partial charge in [0.15, 0.2) is 0 Å². The third kappa shape index (κ3) is 3.90.